The summed E-state index contributed by atoms with van der Waals surface area (Å²) < 4.78 is 0. The molecule has 166 valence electrons. The fraction of sp³-hybridized carbons (Fsp3) is 0.577. The zero-order valence-electron chi connectivity index (χ0n) is 18.9. The second kappa shape index (κ2) is 7.61. The monoisotopic (exact) mass is 422 g/mol. The van der Waals surface area contributed by atoms with Gasteiger partial charge in [0.25, 0.3) is 5.69 Å². The molecular weight excluding hydrogens is 388 g/mol. The molecule has 4 rings (SSSR count). The summed E-state index contributed by atoms with van der Waals surface area (Å²) in [5.41, 5.74) is 2.10. The number of hydrogen-bond acceptors (Lipinski definition) is 3. The van der Waals surface area contributed by atoms with Crippen LogP contribution >= 0.6 is 0 Å². The van der Waals surface area contributed by atoms with E-state index in [1.807, 2.05) is 0 Å². The maximum atomic E-state index is 13.5. The number of fused-ring (bicyclic) bond motifs is 3. The highest BCUT2D eigenvalue weighted by molar-refractivity contribution is 5.95. The minimum atomic E-state index is -0.448. The Morgan fingerprint density at radius 2 is 1.90 bits per heavy atom. The third kappa shape index (κ3) is 3.62. The van der Waals surface area contributed by atoms with E-state index in [0.717, 1.165) is 32.1 Å². The highest BCUT2D eigenvalue weighted by atomic mass is 16.6. The van der Waals surface area contributed by atoms with Crippen molar-refractivity contribution in [1.82, 2.24) is 0 Å². The number of non-ortho nitro benzene ring substituents is 1. The fourth-order valence-corrected chi connectivity index (χ4v) is 6.82. The van der Waals surface area contributed by atoms with Crippen LogP contribution in [0.1, 0.15) is 65.7 Å². The van der Waals surface area contributed by atoms with Crippen molar-refractivity contribution in [1.29, 1.82) is 0 Å². The second-order valence-corrected chi connectivity index (χ2v) is 10.7. The molecule has 1 amide bonds. The topological polar surface area (TPSA) is 72.2 Å². The van der Waals surface area contributed by atoms with Gasteiger partial charge in [0, 0.05) is 17.8 Å². The first-order chi connectivity index (χ1) is 14.6. The number of amides is 1. The molecule has 0 bridgehead atoms. The first-order valence-corrected chi connectivity index (χ1v) is 11.5. The zero-order chi connectivity index (χ0) is 22.4. The van der Waals surface area contributed by atoms with Gasteiger partial charge in [0.2, 0.25) is 5.91 Å². The van der Waals surface area contributed by atoms with Crippen LogP contribution in [0.4, 0.5) is 11.4 Å². The lowest BCUT2D eigenvalue weighted by Gasteiger charge is -2.59. The van der Waals surface area contributed by atoms with Gasteiger partial charge in [-0.3, -0.25) is 14.9 Å². The Hall–Kier alpha value is -2.43. The van der Waals surface area contributed by atoms with Crippen LogP contribution in [0.15, 0.2) is 48.6 Å². The van der Waals surface area contributed by atoms with E-state index in [9.17, 15) is 14.9 Å². The Balaban J connectivity index is 1.58. The van der Waals surface area contributed by atoms with E-state index >= 15 is 0 Å². The number of nitro groups is 1. The van der Waals surface area contributed by atoms with E-state index < -0.39 is 10.3 Å². The normalized spacial score (nSPS) is 37.1. The lowest BCUT2D eigenvalue weighted by Crippen LogP contribution is -2.55. The molecule has 0 saturated heterocycles. The van der Waals surface area contributed by atoms with E-state index in [2.05, 4.69) is 44.8 Å². The average molecular weight is 423 g/mol. The quantitative estimate of drug-likeness (QED) is 0.335. The Bertz CT molecular complexity index is 936. The number of allylic oxidation sites excluding steroid dienone is 3. The highest BCUT2D eigenvalue weighted by Gasteiger charge is 2.57. The molecule has 5 unspecified atom stereocenters. The van der Waals surface area contributed by atoms with E-state index in [1.165, 1.54) is 25.0 Å². The van der Waals surface area contributed by atoms with Gasteiger partial charge in [-0.25, -0.2) is 0 Å². The van der Waals surface area contributed by atoms with Crippen molar-refractivity contribution in [3.05, 3.63) is 58.7 Å². The maximum absolute atomic E-state index is 13.5. The lowest BCUT2D eigenvalue weighted by molar-refractivity contribution is -0.384. The van der Waals surface area contributed by atoms with Crippen LogP contribution in [0.25, 0.3) is 0 Å². The number of rotatable bonds is 4. The second-order valence-electron chi connectivity index (χ2n) is 10.7. The molecule has 5 heteroatoms. The molecule has 5 atom stereocenters. The molecule has 1 aromatic carbocycles. The Kier molecular flexibility index (Phi) is 5.35. The minimum Gasteiger partial charge on any atom is -0.326 e. The molecule has 0 heterocycles. The van der Waals surface area contributed by atoms with Crippen LogP contribution < -0.4 is 5.32 Å². The van der Waals surface area contributed by atoms with Crippen molar-refractivity contribution < 1.29 is 9.72 Å². The number of carbonyl (C=O) groups excluding carboxylic acids is 1. The van der Waals surface area contributed by atoms with Gasteiger partial charge in [0.1, 0.15) is 0 Å². The van der Waals surface area contributed by atoms with Crippen molar-refractivity contribution in [2.75, 3.05) is 5.32 Å². The third-order valence-electron chi connectivity index (χ3n) is 8.80. The predicted octanol–water partition coefficient (Wildman–Crippen LogP) is 6.67. The van der Waals surface area contributed by atoms with E-state index in [4.69, 9.17) is 0 Å². The third-order valence-corrected chi connectivity index (χ3v) is 8.80. The molecule has 2 fully saturated rings. The Labute approximate surface area is 185 Å². The van der Waals surface area contributed by atoms with Gasteiger partial charge in [0.05, 0.1) is 10.3 Å². The molecule has 0 aromatic heterocycles. The van der Waals surface area contributed by atoms with Crippen LogP contribution in [0.2, 0.25) is 0 Å². The van der Waals surface area contributed by atoms with Gasteiger partial charge in [-0.1, -0.05) is 44.9 Å². The summed E-state index contributed by atoms with van der Waals surface area (Å²) >= 11 is 0. The van der Waals surface area contributed by atoms with Crippen molar-refractivity contribution in [3.63, 3.8) is 0 Å². The number of anilines is 1. The summed E-state index contributed by atoms with van der Waals surface area (Å²) in [7, 11) is 0. The molecule has 1 aromatic rings. The van der Waals surface area contributed by atoms with Crippen molar-refractivity contribution in [3.8, 4) is 0 Å². The number of nitrogens with one attached hydrogen (secondary N) is 1. The van der Waals surface area contributed by atoms with Crippen molar-refractivity contribution in [2.45, 2.75) is 65.7 Å². The van der Waals surface area contributed by atoms with Gasteiger partial charge in [-0.05, 0) is 73.3 Å². The predicted molar refractivity (Wildman–Crippen MR) is 124 cm³/mol. The van der Waals surface area contributed by atoms with Gasteiger partial charge >= 0.3 is 0 Å². The molecule has 3 aliphatic rings. The van der Waals surface area contributed by atoms with Crippen molar-refractivity contribution >= 4 is 17.3 Å². The summed E-state index contributed by atoms with van der Waals surface area (Å²) in [5, 5.41) is 14.0. The van der Waals surface area contributed by atoms with Gasteiger partial charge < -0.3 is 5.32 Å². The first-order valence-electron chi connectivity index (χ1n) is 11.5. The number of carbonyl (C=O) groups is 1. The molecule has 3 aliphatic carbocycles. The Morgan fingerprint density at radius 1 is 1.19 bits per heavy atom. The zero-order valence-corrected chi connectivity index (χ0v) is 18.9. The van der Waals surface area contributed by atoms with Crippen molar-refractivity contribution in [2.24, 2.45) is 28.1 Å². The SMILES string of the molecule is C=CC1(C)CCC2C(=CCC3C(C)(C(=O)Nc4ccc([N+](=O)[O-])cc4)CCCC23C)C1. The number of hydrogen-bond donors (Lipinski definition) is 1. The molecule has 0 spiro atoms. The molecule has 31 heavy (non-hydrogen) atoms. The summed E-state index contributed by atoms with van der Waals surface area (Å²) in [5.74, 6) is 0.889. The number of nitro benzene ring substituents is 1. The average Bonchev–Trinajstić information content (AvgIpc) is 2.73. The minimum absolute atomic E-state index is 0.0308. The largest absolute Gasteiger partial charge is 0.326 e. The van der Waals surface area contributed by atoms with Crippen LogP contribution in [-0.2, 0) is 4.79 Å². The Morgan fingerprint density at radius 3 is 2.55 bits per heavy atom. The standard InChI is InChI=1S/C26H34N2O3/c1-5-24(2)16-13-21-18(17-24)7-12-22-25(21,3)14-6-15-26(22,4)23(29)27-19-8-10-20(11-9-19)28(30)31/h5,7-11,21-22H,1,6,12-17H2,2-4H3,(H,27,29). The van der Waals surface area contributed by atoms with E-state index in [0.29, 0.717) is 17.5 Å². The first kappa shape index (κ1) is 21.8. The summed E-state index contributed by atoms with van der Waals surface area (Å²) in [6, 6.07) is 6.13. The maximum Gasteiger partial charge on any atom is 0.269 e. The summed E-state index contributed by atoms with van der Waals surface area (Å²) in [6.45, 7) is 10.9. The summed E-state index contributed by atoms with van der Waals surface area (Å²) in [6.07, 6.45) is 12.0. The highest BCUT2D eigenvalue weighted by Crippen LogP contribution is 2.63. The molecule has 2 saturated carbocycles. The van der Waals surface area contributed by atoms with Gasteiger partial charge in [-0.2, -0.15) is 0 Å². The molecular formula is C26H34N2O3. The lowest BCUT2D eigenvalue weighted by atomic mass is 9.45. The molecule has 0 aliphatic heterocycles. The van der Waals surface area contributed by atoms with Crippen LogP contribution in [0, 0.1) is 38.2 Å². The van der Waals surface area contributed by atoms with E-state index in [1.54, 1.807) is 17.7 Å². The number of benzene rings is 1. The smallest absolute Gasteiger partial charge is 0.269 e. The van der Waals surface area contributed by atoms with Crippen LogP contribution in [0.5, 0.6) is 0 Å². The fourth-order valence-electron chi connectivity index (χ4n) is 6.82. The molecule has 1 N–H and O–H groups in total. The van der Waals surface area contributed by atoms with Crippen LogP contribution in [0.3, 0.4) is 0 Å². The number of nitrogens with zero attached hydrogens (tertiary/aromatic N) is 1. The van der Waals surface area contributed by atoms with E-state index in [-0.39, 0.29) is 22.4 Å². The molecule has 5 nitrogen and oxygen atoms in total. The summed E-state index contributed by atoms with van der Waals surface area (Å²) in [4.78, 5) is 24.0. The molecule has 0 radical (unpaired) electrons. The van der Waals surface area contributed by atoms with Gasteiger partial charge in [0.15, 0.2) is 0 Å². The van der Waals surface area contributed by atoms with Crippen LogP contribution in [-0.4, -0.2) is 10.8 Å². The van der Waals surface area contributed by atoms with Gasteiger partial charge in [-0.15, -0.1) is 6.58 Å².